The van der Waals surface area contributed by atoms with Gasteiger partial charge in [-0.05, 0) is 143 Å². The fourth-order valence-corrected chi connectivity index (χ4v) is 10.8. The first-order valence-corrected chi connectivity index (χ1v) is 18.3. The van der Waals surface area contributed by atoms with Crippen molar-refractivity contribution in [3.63, 3.8) is 0 Å². The average molecular weight is 576 g/mol. The minimum atomic E-state index is -0.673. The first-order chi connectivity index (χ1) is 19.6. The van der Waals surface area contributed by atoms with E-state index in [1.165, 1.54) is 57.8 Å². The van der Waals surface area contributed by atoms with E-state index in [9.17, 15) is 8.78 Å². The smallest absolute Gasteiger partial charge is 0.100 e. The summed E-state index contributed by atoms with van der Waals surface area (Å²) in [5.74, 6) is 8.07. The fraction of sp³-hybridized carbons (Fsp3) is 0.947. The first-order valence-electron chi connectivity index (χ1n) is 18.3. The standard InChI is InChI=1S/C38H67F2N/c1-8-36-31(22-28-13-15-29(16-14-28)33(24(2)3)21-12-27(7)39)23-35(37-26(6)10-9-11-34(37)25(4)5)38(41-36)30-17-19-32(40)20-18-30/h8,24-38,41H,1,9-23H2,2-7H3. The molecule has 0 aromatic carbocycles. The third-order valence-corrected chi connectivity index (χ3v) is 13.0. The number of hydrogen-bond acceptors (Lipinski definition) is 1. The molecule has 0 bridgehead atoms. The number of piperidine rings is 1. The lowest BCUT2D eigenvalue weighted by Gasteiger charge is -2.54. The maximum Gasteiger partial charge on any atom is 0.100 e. The Morgan fingerprint density at radius 1 is 0.878 bits per heavy atom. The summed E-state index contributed by atoms with van der Waals surface area (Å²) >= 11 is 0. The van der Waals surface area contributed by atoms with Gasteiger partial charge in [-0.3, -0.25) is 0 Å². The first kappa shape index (κ1) is 33.5. The van der Waals surface area contributed by atoms with Crippen LogP contribution in [0.5, 0.6) is 0 Å². The van der Waals surface area contributed by atoms with Crippen LogP contribution >= 0.6 is 0 Å². The molecule has 4 rings (SSSR count). The van der Waals surface area contributed by atoms with Crippen molar-refractivity contribution in [1.29, 1.82) is 0 Å². The van der Waals surface area contributed by atoms with Gasteiger partial charge in [0.15, 0.2) is 0 Å². The fourth-order valence-electron chi connectivity index (χ4n) is 10.8. The third kappa shape index (κ3) is 8.60. The molecule has 0 amide bonds. The predicted octanol–water partition coefficient (Wildman–Crippen LogP) is 11.0. The summed E-state index contributed by atoms with van der Waals surface area (Å²) in [5.41, 5.74) is 0. The summed E-state index contributed by atoms with van der Waals surface area (Å²) in [6.45, 7) is 18.3. The highest BCUT2D eigenvalue weighted by atomic mass is 19.1. The molecule has 1 saturated heterocycles. The molecule has 4 fully saturated rings. The topological polar surface area (TPSA) is 12.0 Å². The van der Waals surface area contributed by atoms with E-state index >= 15 is 0 Å². The molecular formula is C38H67F2N. The van der Waals surface area contributed by atoms with Gasteiger partial charge in [-0.1, -0.05) is 66.4 Å². The van der Waals surface area contributed by atoms with E-state index in [-0.39, 0.29) is 0 Å². The molecule has 1 heterocycles. The van der Waals surface area contributed by atoms with Crippen LogP contribution in [0.3, 0.4) is 0 Å². The summed E-state index contributed by atoms with van der Waals surface area (Å²) in [5, 5.41) is 4.25. The van der Waals surface area contributed by atoms with Crippen molar-refractivity contribution in [3.8, 4) is 0 Å². The summed E-state index contributed by atoms with van der Waals surface area (Å²) in [7, 11) is 0. The lowest BCUT2D eigenvalue weighted by Crippen LogP contribution is -2.59. The van der Waals surface area contributed by atoms with Crippen LogP contribution in [0.15, 0.2) is 12.7 Å². The number of alkyl halides is 2. The van der Waals surface area contributed by atoms with Gasteiger partial charge in [0, 0.05) is 12.1 Å². The quantitative estimate of drug-likeness (QED) is 0.242. The van der Waals surface area contributed by atoms with Gasteiger partial charge in [0.1, 0.15) is 6.17 Å². The monoisotopic (exact) mass is 576 g/mol. The average Bonchev–Trinajstić information content (AvgIpc) is 2.94. The summed E-state index contributed by atoms with van der Waals surface area (Å²) < 4.78 is 27.9. The van der Waals surface area contributed by atoms with Gasteiger partial charge >= 0.3 is 0 Å². The van der Waals surface area contributed by atoms with Crippen molar-refractivity contribution in [3.05, 3.63) is 12.7 Å². The second-order valence-electron chi connectivity index (χ2n) is 16.3. The van der Waals surface area contributed by atoms with Crippen molar-refractivity contribution in [2.24, 2.45) is 65.1 Å². The number of rotatable bonds is 11. The highest BCUT2D eigenvalue weighted by molar-refractivity contribution is 5.05. The lowest BCUT2D eigenvalue weighted by molar-refractivity contribution is -0.0124. The molecule has 41 heavy (non-hydrogen) atoms. The van der Waals surface area contributed by atoms with E-state index in [1.807, 2.05) is 0 Å². The molecule has 3 aliphatic carbocycles. The molecule has 0 radical (unpaired) electrons. The molecule has 3 heteroatoms. The Morgan fingerprint density at radius 3 is 2.15 bits per heavy atom. The molecule has 1 N–H and O–H groups in total. The van der Waals surface area contributed by atoms with Gasteiger partial charge in [-0.2, -0.15) is 0 Å². The summed E-state index contributed by atoms with van der Waals surface area (Å²) in [6.07, 6.45) is 18.6. The van der Waals surface area contributed by atoms with Gasteiger partial charge in [-0.25, -0.2) is 8.78 Å². The van der Waals surface area contributed by atoms with Crippen LogP contribution < -0.4 is 5.32 Å². The molecule has 4 aliphatic rings. The number of halogens is 2. The molecule has 9 atom stereocenters. The molecule has 3 saturated carbocycles. The number of hydrogen-bond donors (Lipinski definition) is 1. The van der Waals surface area contributed by atoms with E-state index < -0.39 is 12.3 Å². The Labute approximate surface area is 253 Å². The second-order valence-corrected chi connectivity index (χ2v) is 16.3. The minimum Gasteiger partial charge on any atom is -0.307 e. The molecule has 0 aromatic rings. The highest BCUT2D eigenvalue weighted by Crippen LogP contribution is 2.51. The minimum absolute atomic E-state index is 0.392. The van der Waals surface area contributed by atoms with Gasteiger partial charge in [0.05, 0.1) is 6.17 Å². The van der Waals surface area contributed by atoms with Crippen molar-refractivity contribution in [1.82, 2.24) is 5.32 Å². The van der Waals surface area contributed by atoms with Crippen LogP contribution in [0.1, 0.15) is 138 Å². The zero-order valence-corrected chi connectivity index (χ0v) is 27.8. The van der Waals surface area contributed by atoms with Crippen molar-refractivity contribution in [2.45, 2.75) is 162 Å². The molecule has 9 unspecified atom stereocenters. The molecule has 0 aromatic heterocycles. The van der Waals surface area contributed by atoms with Gasteiger partial charge in [0.2, 0.25) is 0 Å². The van der Waals surface area contributed by atoms with E-state index in [1.54, 1.807) is 6.92 Å². The zero-order chi connectivity index (χ0) is 29.7. The zero-order valence-electron chi connectivity index (χ0n) is 27.8. The van der Waals surface area contributed by atoms with Gasteiger partial charge in [0.25, 0.3) is 0 Å². The number of nitrogens with one attached hydrogen (secondary N) is 1. The molecule has 1 nitrogen and oxygen atoms in total. The maximum atomic E-state index is 14.2. The van der Waals surface area contributed by atoms with Crippen molar-refractivity contribution >= 4 is 0 Å². The van der Waals surface area contributed by atoms with Crippen LogP contribution in [-0.2, 0) is 0 Å². The largest absolute Gasteiger partial charge is 0.307 e. The Bertz CT molecular complexity index is 762. The van der Waals surface area contributed by atoms with E-state index in [2.05, 4.69) is 52.6 Å². The molecule has 1 aliphatic heterocycles. The van der Waals surface area contributed by atoms with Crippen molar-refractivity contribution < 1.29 is 8.78 Å². The predicted molar refractivity (Wildman–Crippen MR) is 172 cm³/mol. The van der Waals surface area contributed by atoms with Crippen molar-refractivity contribution in [2.75, 3.05) is 0 Å². The Hall–Kier alpha value is -0.440. The SMILES string of the molecule is C=CC1NC(C2CCC(F)CC2)C(C2C(C)CCCC2C(C)C)CC1CC1CCC(C(CCC(C)F)C(C)C)CC1. The molecule has 238 valence electrons. The van der Waals surface area contributed by atoms with Crippen LogP contribution in [-0.4, -0.2) is 24.4 Å². The lowest BCUT2D eigenvalue weighted by atomic mass is 9.56. The normalized spacial score (nSPS) is 42.2. The van der Waals surface area contributed by atoms with Gasteiger partial charge in [-0.15, -0.1) is 6.58 Å². The van der Waals surface area contributed by atoms with E-state index in [0.29, 0.717) is 41.7 Å². The molecular weight excluding hydrogens is 508 g/mol. The Kier molecular flexibility index (Phi) is 12.7. The van der Waals surface area contributed by atoms with Crippen LogP contribution in [0, 0.1) is 65.1 Å². The van der Waals surface area contributed by atoms with Crippen LogP contribution in [0.4, 0.5) is 8.78 Å². The van der Waals surface area contributed by atoms with E-state index in [0.717, 1.165) is 74.0 Å². The summed E-state index contributed by atoms with van der Waals surface area (Å²) in [4.78, 5) is 0. The Morgan fingerprint density at radius 2 is 1.56 bits per heavy atom. The maximum absolute atomic E-state index is 14.2. The Balaban J connectivity index is 1.47. The second kappa shape index (κ2) is 15.5. The molecule has 0 spiro atoms. The summed E-state index contributed by atoms with van der Waals surface area (Å²) in [6, 6.07) is 0.914. The highest BCUT2D eigenvalue weighted by Gasteiger charge is 2.48. The van der Waals surface area contributed by atoms with Gasteiger partial charge < -0.3 is 5.32 Å². The van der Waals surface area contributed by atoms with Crippen LogP contribution in [0.25, 0.3) is 0 Å². The van der Waals surface area contributed by atoms with Crippen LogP contribution in [0.2, 0.25) is 0 Å². The van der Waals surface area contributed by atoms with E-state index in [4.69, 9.17) is 0 Å². The third-order valence-electron chi connectivity index (χ3n) is 13.0.